The van der Waals surface area contributed by atoms with Gasteiger partial charge in [0.2, 0.25) is 0 Å². The number of nitrogens with zero attached hydrogens (tertiary/aromatic N) is 1. The molecule has 1 aromatic carbocycles. The third kappa shape index (κ3) is 5.21. The summed E-state index contributed by atoms with van der Waals surface area (Å²) in [6.45, 7) is 9.68. The van der Waals surface area contributed by atoms with Gasteiger partial charge in [-0.1, -0.05) is 39.0 Å². The van der Waals surface area contributed by atoms with E-state index in [1.807, 2.05) is 12.1 Å². The molecule has 0 aliphatic rings. The van der Waals surface area contributed by atoms with Crippen molar-refractivity contribution in [1.29, 1.82) is 0 Å². The maximum Gasteiger partial charge on any atom is 0.123 e. The Morgan fingerprint density at radius 1 is 1.26 bits per heavy atom. The molecule has 0 fully saturated rings. The highest BCUT2D eigenvalue weighted by molar-refractivity contribution is 5.33. The SMILES string of the molecule is CCNC(CN(C)Cc1ccccc1OC)C(C)C. The van der Waals surface area contributed by atoms with Crippen LogP contribution in [-0.4, -0.2) is 38.2 Å². The van der Waals surface area contributed by atoms with Gasteiger partial charge < -0.3 is 15.0 Å². The molecule has 108 valence electrons. The van der Waals surface area contributed by atoms with Gasteiger partial charge in [0.25, 0.3) is 0 Å². The molecule has 0 spiro atoms. The van der Waals surface area contributed by atoms with Crippen LogP contribution >= 0.6 is 0 Å². The topological polar surface area (TPSA) is 24.5 Å². The van der Waals surface area contributed by atoms with Gasteiger partial charge in [0.05, 0.1) is 7.11 Å². The van der Waals surface area contributed by atoms with Gasteiger partial charge in [0, 0.05) is 24.7 Å². The Morgan fingerprint density at radius 3 is 2.53 bits per heavy atom. The number of ether oxygens (including phenoxy) is 1. The van der Waals surface area contributed by atoms with Crippen molar-refractivity contribution in [2.24, 2.45) is 5.92 Å². The van der Waals surface area contributed by atoms with Crippen LogP contribution in [0.25, 0.3) is 0 Å². The Morgan fingerprint density at radius 2 is 1.95 bits per heavy atom. The molecule has 3 nitrogen and oxygen atoms in total. The first kappa shape index (κ1) is 16.0. The standard InChI is InChI=1S/C16H28N2O/c1-6-17-15(13(2)3)12-18(4)11-14-9-7-8-10-16(14)19-5/h7-10,13,15,17H,6,11-12H2,1-5H3. The molecule has 0 aromatic heterocycles. The first-order valence-corrected chi connectivity index (χ1v) is 7.12. The Labute approximate surface area is 118 Å². The molecule has 1 aromatic rings. The number of benzene rings is 1. The molecule has 0 aliphatic carbocycles. The molecule has 0 radical (unpaired) electrons. The van der Waals surface area contributed by atoms with Crippen molar-refractivity contribution in [2.75, 3.05) is 27.2 Å². The van der Waals surface area contributed by atoms with Crippen LogP contribution in [0.2, 0.25) is 0 Å². The molecule has 19 heavy (non-hydrogen) atoms. The number of hydrogen-bond acceptors (Lipinski definition) is 3. The first-order valence-electron chi connectivity index (χ1n) is 7.12. The third-order valence-corrected chi connectivity index (χ3v) is 3.41. The van der Waals surface area contributed by atoms with Crippen LogP contribution in [0.1, 0.15) is 26.3 Å². The van der Waals surface area contributed by atoms with Crippen molar-refractivity contribution in [1.82, 2.24) is 10.2 Å². The molecule has 0 amide bonds. The van der Waals surface area contributed by atoms with E-state index in [2.05, 4.69) is 50.2 Å². The van der Waals surface area contributed by atoms with E-state index in [9.17, 15) is 0 Å². The molecule has 0 saturated carbocycles. The monoisotopic (exact) mass is 264 g/mol. The van der Waals surface area contributed by atoms with E-state index in [1.54, 1.807) is 7.11 Å². The normalized spacial score (nSPS) is 13.0. The smallest absolute Gasteiger partial charge is 0.123 e. The van der Waals surface area contributed by atoms with Crippen LogP contribution < -0.4 is 10.1 Å². The highest BCUT2D eigenvalue weighted by atomic mass is 16.5. The largest absolute Gasteiger partial charge is 0.496 e. The fourth-order valence-corrected chi connectivity index (χ4v) is 2.30. The number of methoxy groups -OCH3 is 1. The van der Waals surface area contributed by atoms with Crippen LogP contribution in [0.4, 0.5) is 0 Å². The summed E-state index contributed by atoms with van der Waals surface area (Å²) in [5.74, 6) is 1.61. The van der Waals surface area contributed by atoms with E-state index in [0.717, 1.165) is 25.4 Å². The Kier molecular flexibility index (Phi) is 6.89. The summed E-state index contributed by atoms with van der Waals surface area (Å²) in [5, 5.41) is 3.55. The van der Waals surface area contributed by atoms with Crippen molar-refractivity contribution < 1.29 is 4.74 Å². The second-order valence-electron chi connectivity index (χ2n) is 5.42. The van der Waals surface area contributed by atoms with Crippen LogP contribution in [0.3, 0.4) is 0 Å². The van der Waals surface area contributed by atoms with Gasteiger partial charge in [0.1, 0.15) is 5.75 Å². The summed E-state index contributed by atoms with van der Waals surface area (Å²) in [5.41, 5.74) is 1.24. The van der Waals surface area contributed by atoms with Crippen molar-refractivity contribution in [2.45, 2.75) is 33.4 Å². The van der Waals surface area contributed by atoms with E-state index in [4.69, 9.17) is 4.74 Å². The Bertz CT molecular complexity index is 366. The average molecular weight is 264 g/mol. The lowest BCUT2D eigenvalue weighted by molar-refractivity contribution is 0.248. The van der Waals surface area contributed by atoms with E-state index in [1.165, 1.54) is 5.56 Å². The van der Waals surface area contributed by atoms with Gasteiger partial charge in [-0.25, -0.2) is 0 Å². The molecule has 1 rings (SSSR count). The molecule has 1 unspecified atom stereocenters. The molecule has 0 bridgehead atoms. The van der Waals surface area contributed by atoms with Gasteiger partial charge in [-0.05, 0) is 25.6 Å². The lowest BCUT2D eigenvalue weighted by atomic mass is 10.0. The molecule has 0 aliphatic heterocycles. The predicted octanol–water partition coefficient (Wildman–Crippen LogP) is 2.76. The van der Waals surface area contributed by atoms with Crippen molar-refractivity contribution in [3.05, 3.63) is 29.8 Å². The minimum atomic E-state index is 0.532. The summed E-state index contributed by atoms with van der Waals surface area (Å²) in [6, 6.07) is 8.76. The first-order chi connectivity index (χ1) is 9.08. The summed E-state index contributed by atoms with van der Waals surface area (Å²) < 4.78 is 5.40. The molecule has 1 N–H and O–H groups in total. The minimum Gasteiger partial charge on any atom is -0.496 e. The van der Waals surface area contributed by atoms with Gasteiger partial charge in [0.15, 0.2) is 0 Å². The molecule has 1 atom stereocenters. The van der Waals surface area contributed by atoms with E-state index >= 15 is 0 Å². The highest BCUT2D eigenvalue weighted by Gasteiger charge is 2.15. The number of rotatable bonds is 8. The van der Waals surface area contributed by atoms with Gasteiger partial charge in [-0.2, -0.15) is 0 Å². The Balaban J connectivity index is 2.60. The van der Waals surface area contributed by atoms with Crippen LogP contribution in [0.5, 0.6) is 5.75 Å². The summed E-state index contributed by atoms with van der Waals surface area (Å²) >= 11 is 0. The van der Waals surface area contributed by atoms with Crippen molar-refractivity contribution >= 4 is 0 Å². The van der Waals surface area contributed by atoms with E-state index in [0.29, 0.717) is 12.0 Å². The van der Waals surface area contributed by atoms with Crippen molar-refractivity contribution in [3.63, 3.8) is 0 Å². The minimum absolute atomic E-state index is 0.532. The molecular weight excluding hydrogens is 236 g/mol. The zero-order valence-electron chi connectivity index (χ0n) is 12.9. The summed E-state index contributed by atoms with van der Waals surface area (Å²) in [6.07, 6.45) is 0. The van der Waals surface area contributed by atoms with Gasteiger partial charge in [-0.15, -0.1) is 0 Å². The third-order valence-electron chi connectivity index (χ3n) is 3.41. The quantitative estimate of drug-likeness (QED) is 0.781. The molecule has 3 heteroatoms. The summed E-state index contributed by atoms with van der Waals surface area (Å²) in [7, 11) is 3.90. The fraction of sp³-hybridized carbons (Fsp3) is 0.625. The van der Waals surface area contributed by atoms with E-state index < -0.39 is 0 Å². The van der Waals surface area contributed by atoms with Gasteiger partial charge in [-0.3, -0.25) is 0 Å². The number of para-hydroxylation sites is 1. The zero-order chi connectivity index (χ0) is 14.3. The second-order valence-corrected chi connectivity index (χ2v) is 5.42. The van der Waals surface area contributed by atoms with Crippen LogP contribution in [0, 0.1) is 5.92 Å². The van der Waals surface area contributed by atoms with Crippen LogP contribution in [-0.2, 0) is 6.54 Å². The number of hydrogen-bond donors (Lipinski definition) is 1. The molecule has 0 saturated heterocycles. The van der Waals surface area contributed by atoms with Crippen molar-refractivity contribution in [3.8, 4) is 5.75 Å². The Hall–Kier alpha value is -1.06. The second kappa shape index (κ2) is 8.18. The lowest BCUT2D eigenvalue weighted by Crippen LogP contribution is -2.42. The zero-order valence-corrected chi connectivity index (χ0v) is 12.9. The van der Waals surface area contributed by atoms with Crippen LogP contribution in [0.15, 0.2) is 24.3 Å². The average Bonchev–Trinajstić information content (AvgIpc) is 2.38. The highest BCUT2D eigenvalue weighted by Crippen LogP contribution is 2.19. The maximum absolute atomic E-state index is 5.40. The predicted molar refractivity (Wildman–Crippen MR) is 81.6 cm³/mol. The fourth-order valence-electron chi connectivity index (χ4n) is 2.30. The molecule has 0 heterocycles. The number of nitrogens with one attached hydrogen (secondary N) is 1. The maximum atomic E-state index is 5.40. The lowest BCUT2D eigenvalue weighted by Gasteiger charge is -2.28. The molecular formula is C16H28N2O. The summed E-state index contributed by atoms with van der Waals surface area (Å²) in [4.78, 5) is 2.35. The van der Waals surface area contributed by atoms with Gasteiger partial charge >= 0.3 is 0 Å². The number of likely N-dealkylation sites (N-methyl/N-ethyl adjacent to an activating group) is 2. The van der Waals surface area contributed by atoms with E-state index in [-0.39, 0.29) is 0 Å².